The highest BCUT2D eigenvalue weighted by molar-refractivity contribution is 9.10. The number of aryl methyl sites for hydroxylation is 1. The number of rotatable bonds is 6. The maximum absolute atomic E-state index is 12.1. The van der Waals surface area contributed by atoms with Gasteiger partial charge in [-0.2, -0.15) is 5.10 Å². The molecule has 0 aliphatic carbocycles. The molecule has 31 heavy (non-hydrogen) atoms. The van der Waals surface area contributed by atoms with E-state index in [0.717, 1.165) is 26.9 Å². The van der Waals surface area contributed by atoms with Crippen LogP contribution in [0.5, 0.6) is 5.75 Å². The lowest BCUT2D eigenvalue weighted by atomic mass is 10.1. The summed E-state index contributed by atoms with van der Waals surface area (Å²) in [7, 11) is 0. The van der Waals surface area contributed by atoms with Crippen LogP contribution in [0, 0.1) is 6.92 Å². The number of nitrogens with one attached hydrogen (secondary N) is 1. The van der Waals surface area contributed by atoms with Gasteiger partial charge in [-0.25, -0.2) is 5.43 Å². The van der Waals surface area contributed by atoms with E-state index in [1.807, 2.05) is 55.5 Å². The molecule has 0 saturated heterocycles. The molecule has 4 rings (SSSR count). The van der Waals surface area contributed by atoms with E-state index < -0.39 is 0 Å². The number of hydrazone groups is 1. The van der Waals surface area contributed by atoms with E-state index in [-0.39, 0.29) is 5.91 Å². The van der Waals surface area contributed by atoms with Crippen molar-refractivity contribution in [2.75, 3.05) is 0 Å². The van der Waals surface area contributed by atoms with Crippen molar-refractivity contribution in [2.45, 2.75) is 13.5 Å². The number of hydrogen-bond donors (Lipinski definition) is 1. The number of carbonyl (C=O) groups excluding carboxylic acids is 1. The fraction of sp³-hybridized carbons (Fsp3) is 0.0769. The minimum atomic E-state index is -0.245. The molecule has 4 aromatic carbocycles. The molecule has 0 heterocycles. The summed E-state index contributed by atoms with van der Waals surface area (Å²) >= 11 is 3.56. The van der Waals surface area contributed by atoms with Crippen LogP contribution in [-0.4, -0.2) is 12.1 Å². The lowest BCUT2D eigenvalue weighted by Gasteiger charge is -2.11. The van der Waals surface area contributed by atoms with Crippen LogP contribution in [0.25, 0.3) is 10.8 Å². The summed E-state index contributed by atoms with van der Waals surface area (Å²) in [5.74, 6) is 0.499. The molecule has 0 atom stereocenters. The van der Waals surface area contributed by atoms with E-state index in [4.69, 9.17) is 4.74 Å². The third-order valence-corrected chi connectivity index (χ3v) is 5.53. The molecule has 1 amide bonds. The smallest absolute Gasteiger partial charge is 0.271 e. The van der Waals surface area contributed by atoms with Gasteiger partial charge >= 0.3 is 0 Å². The quantitative estimate of drug-likeness (QED) is 0.266. The Hall–Kier alpha value is -3.44. The van der Waals surface area contributed by atoms with Gasteiger partial charge in [0.25, 0.3) is 5.91 Å². The Morgan fingerprint density at radius 2 is 1.77 bits per heavy atom. The molecule has 5 heteroatoms. The highest BCUT2D eigenvalue weighted by Gasteiger charge is 2.06. The van der Waals surface area contributed by atoms with Crippen LogP contribution in [0.3, 0.4) is 0 Å². The summed E-state index contributed by atoms with van der Waals surface area (Å²) < 4.78 is 6.86. The predicted molar refractivity (Wildman–Crippen MR) is 129 cm³/mol. The van der Waals surface area contributed by atoms with Gasteiger partial charge in [0.15, 0.2) is 0 Å². The SMILES string of the molecule is Cc1ccc(C(=O)N/N=C\c2ccc(OCc3cccc4ccccc34)c(Br)c2)cc1. The molecule has 1 N–H and O–H groups in total. The zero-order valence-electron chi connectivity index (χ0n) is 17.0. The Morgan fingerprint density at radius 3 is 2.58 bits per heavy atom. The van der Waals surface area contributed by atoms with Crippen molar-refractivity contribution in [3.8, 4) is 5.75 Å². The van der Waals surface area contributed by atoms with Crippen molar-refractivity contribution in [3.05, 3.63) is 112 Å². The minimum absolute atomic E-state index is 0.245. The normalized spacial score (nSPS) is 11.0. The van der Waals surface area contributed by atoms with Crippen LogP contribution in [0.2, 0.25) is 0 Å². The predicted octanol–water partition coefficient (Wildman–Crippen LogP) is 6.25. The monoisotopic (exact) mass is 472 g/mol. The van der Waals surface area contributed by atoms with E-state index in [1.54, 1.807) is 18.3 Å². The largest absolute Gasteiger partial charge is 0.488 e. The average molecular weight is 473 g/mol. The van der Waals surface area contributed by atoms with Gasteiger partial charge < -0.3 is 4.74 Å². The summed E-state index contributed by atoms with van der Waals surface area (Å²) in [5.41, 5.74) is 6.20. The van der Waals surface area contributed by atoms with Crippen LogP contribution >= 0.6 is 15.9 Å². The molecular formula is C26H21BrN2O2. The maximum atomic E-state index is 12.1. The Bertz CT molecular complexity index is 1240. The number of nitrogens with zero attached hydrogens (tertiary/aromatic N) is 1. The van der Waals surface area contributed by atoms with E-state index in [2.05, 4.69) is 50.7 Å². The number of amides is 1. The third kappa shape index (κ3) is 5.19. The van der Waals surface area contributed by atoms with Crippen molar-refractivity contribution in [1.82, 2.24) is 5.43 Å². The van der Waals surface area contributed by atoms with Crippen LogP contribution in [0.4, 0.5) is 0 Å². The Kier molecular flexibility index (Phi) is 6.43. The fourth-order valence-electron chi connectivity index (χ4n) is 3.22. The molecular weight excluding hydrogens is 452 g/mol. The van der Waals surface area contributed by atoms with E-state index >= 15 is 0 Å². The van der Waals surface area contributed by atoms with Crippen LogP contribution in [0.15, 0.2) is 94.5 Å². The summed E-state index contributed by atoms with van der Waals surface area (Å²) in [4.78, 5) is 12.1. The van der Waals surface area contributed by atoms with Gasteiger partial charge in [0.2, 0.25) is 0 Å². The Balaban J connectivity index is 1.39. The maximum Gasteiger partial charge on any atom is 0.271 e. The first-order valence-electron chi connectivity index (χ1n) is 9.89. The second-order valence-corrected chi connectivity index (χ2v) is 8.04. The van der Waals surface area contributed by atoms with Crippen molar-refractivity contribution < 1.29 is 9.53 Å². The molecule has 0 aliphatic heterocycles. The Labute approximate surface area is 189 Å². The van der Waals surface area contributed by atoms with Crippen LogP contribution in [0.1, 0.15) is 27.0 Å². The molecule has 4 nitrogen and oxygen atoms in total. The van der Waals surface area contributed by atoms with Crippen LogP contribution < -0.4 is 10.2 Å². The second-order valence-electron chi connectivity index (χ2n) is 7.18. The summed E-state index contributed by atoms with van der Waals surface area (Å²) in [6, 6.07) is 27.5. The van der Waals surface area contributed by atoms with E-state index in [0.29, 0.717) is 12.2 Å². The van der Waals surface area contributed by atoms with Crippen molar-refractivity contribution in [2.24, 2.45) is 5.10 Å². The molecule has 154 valence electrons. The van der Waals surface area contributed by atoms with E-state index in [1.165, 1.54) is 10.8 Å². The number of halogens is 1. The number of benzene rings is 4. The number of ether oxygens (including phenoxy) is 1. The van der Waals surface area contributed by atoms with Gasteiger partial charge in [0, 0.05) is 5.56 Å². The summed E-state index contributed by atoms with van der Waals surface area (Å²) in [6.45, 7) is 2.45. The van der Waals surface area contributed by atoms with E-state index in [9.17, 15) is 4.79 Å². The molecule has 0 bridgehead atoms. The first-order valence-corrected chi connectivity index (χ1v) is 10.7. The molecule has 0 spiro atoms. The molecule has 0 saturated carbocycles. The molecule has 0 aliphatic rings. The fourth-order valence-corrected chi connectivity index (χ4v) is 3.73. The second kappa shape index (κ2) is 9.58. The molecule has 4 aromatic rings. The number of hydrogen-bond acceptors (Lipinski definition) is 3. The van der Waals surface area contributed by atoms with Crippen molar-refractivity contribution >= 4 is 38.8 Å². The number of carbonyl (C=O) groups is 1. The van der Waals surface area contributed by atoms with Crippen molar-refractivity contribution in [3.63, 3.8) is 0 Å². The third-order valence-electron chi connectivity index (χ3n) is 4.91. The molecule has 0 unspecified atom stereocenters. The van der Waals surface area contributed by atoms with Crippen LogP contribution in [-0.2, 0) is 6.61 Å². The molecule has 0 aromatic heterocycles. The number of fused-ring (bicyclic) bond motifs is 1. The standard InChI is InChI=1S/C26H21BrN2O2/c1-18-9-12-21(13-10-18)26(30)29-28-16-19-11-14-25(24(27)15-19)31-17-22-7-4-6-20-5-2-3-8-23(20)22/h2-16H,17H2,1H3,(H,29,30)/b28-16-. The van der Waals surface area contributed by atoms with Gasteiger partial charge in [0.05, 0.1) is 10.7 Å². The lowest BCUT2D eigenvalue weighted by Crippen LogP contribution is -2.17. The zero-order chi connectivity index (χ0) is 21.6. The minimum Gasteiger partial charge on any atom is -0.488 e. The molecule has 0 radical (unpaired) electrons. The molecule has 0 fully saturated rings. The lowest BCUT2D eigenvalue weighted by molar-refractivity contribution is 0.0955. The van der Waals surface area contributed by atoms with Gasteiger partial charge in [-0.05, 0) is 75.1 Å². The first-order chi connectivity index (χ1) is 15.1. The zero-order valence-corrected chi connectivity index (χ0v) is 18.6. The van der Waals surface area contributed by atoms with Gasteiger partial charge in [0.1, 0.15) is 12.4 Å². The van der Waals surface area contributed by atoms with Gasteiger partial charge in [-0.15, -0.1) is 0 Å². The Morgan fingerprint density at radius 1 is 1.00 bits per heavy atom. The topological polar surface area (TPSA) is 50.7 Å². The average Bonchev–Trinajstić information content (AvgIpc) is 2.79. The van der Waals surface area contributed by atoms with Crippen molar-refractivity contribution in [1.29, 1.82) is 0 Å². The van der Waals surface area contributed by atoms with Gasteiger partial charge in [-0.1, -0.05) is 60.2 Å². The highest BCUT2D eigenvalue weighted by Crippen LogP contribution is 2.27. The highest BCUT2D eigenvalue weighted by atomic mass is 79.9. The summed E-state index contributed by atoms with van der Waals surface area (Å²) in [5, 5.41) is 6.44. The summed E-state index contributed by atoms with van der Waals surface area (Å²) in [6.07, 6.45) is 1.60. The first kappa shape index (κ1) is 20.8. The van der Waals surface area contributed by atoms with Gasteiger partial charge in [-0.3, -0.25) is 4.79 Å².